The summed E-state index contributed by atoms with van der Waals surface area (Å²) in [6.45, 7) is 10.7. The molecule has 3 nitrogen and oxygen atoms in total. The van der Waals surface area contributed by atoms with Crippen LogP contribution < -0.4 is 0 Å². The Bertz CT molecular complexity index is 1110. The Morgan fingerprint density at radius 2 is 1.18 bits per heavy atom. The predicted molar refractivity (Wildman–Crippen MR) is 116 cm³/mol. The van der Waals surface area contributed by atoms with Gasteiger partial charge in [0.2, 0.25) is 0 Å². The van der Waals surface area contributed by atoms with Crippen LogP contribution in [0.3, 0.4) is 0 Å². The van der Waals surface area contributed by atoms with Crippen LogP contribution in [0.2, 0.25) is 0 Å². The van der Waals surface area contributed by atoms with Crippen molar-refractivity contribution < 1.29 is 0 Å². The van der Waals surface area contributed by atoms with Crippen molar-refractivity contribution in [3.05, 3.63) is 88.5 Å². The molecule has 0 aliphatic heterocycles. The van der Waals surface area contributed by atoms with E-state index in [-0.39, 0.29) is 0 Å². The summed E-state index contributed by atoms with van der Waals surface area (Å²) in [7, 11) is 0. The van der Waals surface area contributed by atoms with E-state index in [0.717, 1.165) is 28.5 Å². The van der Waals surface area contributed by atoms with Gasteiger partial charge in [0.1, 0.15) is 0 Å². The summed E-state index contributed by atoms with van der Waals surface area (Å²) in [5.41, 5.74) is 9.49. The first-order chi connectivity index (χ1) is 13.5. The number of aromatic nitrogens is 3. The second-order valence-electron chi connectivity index (χ2n) is 7.56. The van der Waals surface area contributed by atoms with E-state index in [1.54, 1.807) is 0 Å². The second kappa shape index (κ2) is 7.08. The molecule has 1 heterocycles. The molecule has 140 valence electrons. The van der Waals surface area contributed by atoms with Gasteiger partial charge in [-0.1, -0.05) is 66.2 Å². The van der Waals surface area contributed by atoms with E-state index in [1.807, 2.05) is 18.2 Å². The summed E-state index contributed by atoms with van der Waals surface area (Å²) < 4.78 is 2.23. The third-order valence-electron chi connectivity index (χ3n) is 5.26. The van der Waals surface area contributed by atoms with Crippen LogP contribution in [0.4, 0.5) is 0 Å². The minimum atomic E-state index is 0.869. The van der Waals surface area contributed by atoms with Gasteiger partial charge < -0.3 is 0 Å². The van der Waals surface area contributed by atoms with E-state index in [0.29, 0.717) is 0 Å². The number of benzene rings is 3. The summed E-state index contributed by atoms with van der Waals surface area (Å²) in [4.78, 5) is 0. The first-order valence-electron chi connectivity index (χ1n) is 9.63. The van der Waals surface area contributed by atoms with Crippen molar-refractivity contribution >= 4 is 0 Å². The molecule has 1 aromatic heterocycles. The zero-order valence-electron chi connectivity index (χ0n) is 17.1. The predicted octanol–water partition coefficient (Wildman–Crippen LogP) is 6.14. The Hall–Kier alpha value is -3.20. The van der Waals surface area contributed by atoms with Crippen molar-refractivity contribution in [3.8, 4) is 28.5 Å². The molecule has 3 aromatic carbocycles. The average molecular weight is 367 g/mol. The lowest BCUT2D eigenvalue weighted by Crippen LogP contribution is -2.06. The number of hydrogen-bond acceptors (Lipinski definition) is 2. The molecule has 0 N–H and O–H groups in total. The highest BCUT2D eigenvalue weighted by molar-refractivity contribution is 5.72. The van der Waals surface area contributed by atoms with Gasteiger partial charge in [0.05, 0.1) is 5.69 Å². The summed E-state index contributed by atoms with van der Waals surface area (Å²) in [6.07, 6.45) is 0. The molecule has 3 heteroatoms. The van der Waals surface area contributed by atoms with Crippen molar-refractivity contribution in [2.24, 2.45) is 0 Å². The molecule has 0 saturated carbocycles. The van der Waals surface area contributed by atoms with E-state index in [4.69, 9.17) is 0 Å². The van der Waals surface area contributed by atoms with Gasteiger partial charge >= 0.3 is 0 Å². The van der Waals surface area contributed by atoms with Crippen LogP contribution in [0.15, 0.2) is 60.7 Å². The molecule has 0 fully saturated rings. The van der Waals surface area contributed by atoms with Gasteiger partial charge in [-0.25, -0.2) is 0 Å². The molecular weight excluding hydrogens is 342 g/mol. The summed E-state index contributed by atoms with van der Waals surface area (Å²) in [5.74, 6) is 1.76. The lowest BCUT2D eigenvalue weighted by molar-refractivity contribution is 1.03. The topological polar surface area (TPSA) is 30.7 Å². The van der Waals surface area contributed by atoms with E-state index in [9.17, 15) is 0 Å². The smallest absolute Gasteiger partial charge is 0.169 e. The molecule has 4 rings (SSSR count). The quantitative estimate of drug-likeness (QED) is 0.435. The van der Waals surface area contributed by atoms with Gasteiger partial charge in [-0.15, -0.1) is 10.2 Å². The molecule has 0 aliphatic carbocycles. The normalized spacial score (nSPS) is 11.0. The number of nitrogens with zero attached hydrogens (tertiary/aromatic N) is 3. The van der Waals surface area contributed by atoms with Crippen molar-refractivity contribution in [1.29, 1.82) is 0 Å². The highest BCUT2D eigenvalue weighted by Gasteiger charge is 2.22. The fraction of sp³-hybridized carbons (Fsp3) is 0.200. The Morgan fingerprint density at radius 3 is 1.79 bits per heavy atom. The van der Waals surface area contributed by atoms with Crippen LogP contribution >= 0.6 is 0 Å². The van der Waals surface area contributed by atoms with Crippen LogP contribution in [-0.2, 0) is 0 Å². The highest BCUT2D eigenvalue weighted by atomic mass is 15.3. The molecule has 0 unspecified atom stereocenters. The maximum absolute atomic E-state index is 4.68. The third kappa shape index (κ3) is 3.03. The van der Waals surface area contributed by atoms with Crippen molar-refractivity contribution in [2.75, 3.05) is 0 Å². The molecule has 4 aromatic rings. The second-order valence-corrected chi connectivity index (χ2v) is 7.56. The minimum Gasteiger partial charge on any atom is -0.274 e. The van der Waals surface area contributed by atoms with Gasteiger partial charge in [0, 0.05) is 11.1 Å². The first kappa shape index (κ1) is 18.2. The molecule has 0 saturated heterocycles. The largest absolute Gasteiger partial charge is 0.274 e. The maximum atomic E-state index is 4.68. The van der Waals surface area contributed by atoms with E-state index in [1.165, 1.54) is 27.8 Å². The van der Waals surface area contributed by atoms with E-state index >= 15 is 0 Å². The van der Waals surface area contributed by atoms with E-state index < -0.39 is 0 Å². The van der Waals surface area contributed by atoms with E-state index in [2.05, 4.69) is 91.8 Å². The Morgan fingerprint density at radius 1 is 0.607 bits per heavy atom. The van der Waals surface area contributed by atoms with Crippen LogP contribution in [-0.4, -0.2) is 14.8 Å². The fourth-order valence-electron chi connectivity index (χ4n) is 4.12. The molecule has 0 bridgehead atoms. The molecule has 0 amide bonds. The van der Waals surface area contributed by atoms with Crippen LogP contribution in [0.1, 0.15) is 27.8 Å². The van der Waals surface area contributed by atoms with Gasteiger partial charge in [-0.2, -0.15) is 0 Å². The summed E-state index contributed by atoms with van der Waals surface area (Å²) >= 11 is 0. The number of hydrogen-bond donors (Lipinski definition) is 0. The zero-order valence-corrected chi connectivity index (χ0v) is 17.1. The lowest BCUT2D eigenvalue weighted by Gasteiger charge is -2.18. The Labute approximate surface area is 166 Å². The Kier molecular flexibility index (Phi) is 4.60. The molecule has 0 aliphatic rings. The molecular formula is C25H25N3. The van der Waals surface area contributed by atoms with Gasteiger partial charge in [0.15, 0.2) is 11.6 Å². The monoisotopic (exact) mass is 367 g/mol. The van der Waals surface area contributed by atoms with Gasteiger partial charge in [0.25, 0.3) is 0 Å². The van der Waals surface area contributed by atoms with Crippen LogP contribution in [0.5, 0.6) is 0 Å². The molecule has 0 atom stereocenters. The molecule has 0 radical (unpaired) electrons. The van der Waals surface area contributed by atoms with Crippen LogP contribution in [0, 0.1) is 34.6 Å². The standard InChI is InChI=1S/C25H25N3/c1-16-14-19(4)23(20(5)15-16)28-24(21-12-7-6-8-13-21)26-27-25(28)22-17(2)10-9-11-18(22)3/h6-15H,1-5H3. The van der Waals surface area contributed by atoms with Gasteiger partial charge in [-0.05, 0) is 56.9 Å². The van der Waals surface area contributed by atoms with Gasteiger partial charge in [-0.3, -0.25) is 4.57 Å². The highest BCUT2D eigenvalue weighted by Crippen LogP contribution is 2.34. The SMILES string of the molecule is Cc1cc(C)c(-n2c(-c3ccccc3)nnc2-c2c(C)cccc2C)c(C)c1. The minimum absolute atomic E-state index is 0.869. The first-order valence-corrected chi connectivity index (χ1v) is 9.63. The maximum Gasteiger partial charge on any atom is 0.169 e. The number of rotatable bonds is 3. The van der Waals surface area contributed by atoms with Crippen LogP contribution in [0.25, 0.3) is 28.5 Å². The Balaban J connectivity index is 2.10. The van der Waals surface area contributed by atoms with Crippen molar-refractivity contribution in [1.82, 2.24) is 14.8 Å². The number of aryl methyl sites for hydroxylation is 5. The fourth-order valence-corrected chi connectivity index (χ4v) is 4.12. The lowest BCUT2D eigenvalue weighted by atomic mass is 10.0. The summed E-state index contributed by atoms with van der Waals surface area (Å²) in [5, 5.41) is 9.32. The third-order valence-corrected chi connectivity index (χ3v) is 5.26. The summed E-state index contributed by atoms with van der Waals surface area (Å²) in [6, 6.07) is 21.1. The molecule has 0 spiro atoms. The average Bonchev–Trinajstić information content (AvgIpc) is 3.06. The molecule has 28 heavy (non-hydrogen) atoms. The zero-order chi connectivity index (χ0) is 19.8. The van der Waals surface area contributed by atoms with Crippen molar-refractivity contribution in [3.63, 3.8) is 0 Å². The van der Waals surface area contributed by atoms with Crippen molar-refractivity contribution in [2.45, 2.75) is 34.6 Å².